The largest absolute Gasteiger partial charge is 0.439 e. The molecular weight excluding hydrogens is 262 g/mol. The van der Waals surface area contributed by atoms with Crippen LogP contribution in [0.3, 0.4) is 0 Å². The summed E-state index contributed by atoms with van der Waals surface area (Å²) in [6.45, 7) is 6.62. The molecule has 0 aliphatic carbocycles. The first-order chi connectivity index (χ1) is 9.08. The quantitative estimate of drug-likeness (QED) is 0.918. The van der Waals surface area contributed by atoms with Crippen molar-refractivity contribution >= 4 is 17.5 Å². The maximum atomic E-state index is 5.97. The molecule has 0 saturated carbocycles. The molecule has 0 unspecified atom stereocenters. The van der Waals surface area contributed by atoms with Crippen molar-refractivity contribution in [1.29, 1.82) is 0 Å². The van der Waals surface area contributed by atoms with Crippen LogP contribution in [0.5, 0.6) is 11.6 Å². The Balaban J connectivity index is 2.29. The average molecular weight is 278 g/mol. The van der Waals surface area contributed by atoms with Crippen LogP contribution in [0.4, 0.5) is 5.95 Å². The van der Waals surface area contributed by atoms with Gasteiger partial charge in [0, 0.05) is 23.3 Å². The van der Waals surface area contributed by atoms with Crippen LogP contribution in [-0.2, 0) is 0 Å². The van der Waals surface area contributed by atoms with Crippen LogP contribution >= 0.6 is 11.6 Å². The van der Waals surface area contributed by atoms with E-state index >= 15 is 0 Å². The van der Waals surface area contributed by atoms with Gasteiger partial charge in [-0.05, 0) is 38.5 Å². The molecular formula is C14H16ClN3O. The second kappa shape index (κ2) is 5.89. The normalized spacial score (nSPS) is 10.3. The van der Waals surface area contributed by atoms with Gasteiger partial charge in [0.25, 0.3) is 0 Å². The molecule has 0 amide bonds. The minimum absolute atomic E-state index is 0.508. The third kappa shape index (κ3) is 3.58. The Hall–Kier alpha value is -1.81. The molecule has 1 N–H and O–H groups in total. The summed E-state index contributed by atoms with van der Waals surface area (Å²) in [6.07, 6.45) is 0. The Labute approximate surface area is 117 Å². The standard InChI is InChI=1S/C14H16ClN3O/c1-4-16-14-17-10(3)7-13(18-14)19-12-8-11(15)6-5-9(12)2/h5-8H,4H2,1-3H3,(H,16,17,18). The first kappa shape index (κ1) is 13.6. The number of anilines is 1. The number of nitrogens with one attached hydrogen (secondary N) is 1. The van der Waals surface area contributed by atoms with Crippen LogP contribution in [-0.4, -0.2) is 16.5 Å². The van der Waals surface area contributed by atoms with Crippen molar-refractivity contribution in [3.05, 3.63) is 40.5 Å². The molecule has 100 valence electrons. The second-order valence-electron chi connectivity index (χ2n) is 4.21. The van der Waals surface area contributed by atoms with E-state index in [1.54, 1.807) is 12.1 Å². The summed E-state index contributed by atoms with van der Waals surface area (Å²) in [7, 11) is 0. The predicted octanol–water partition coefficient (Wildman–Crippen LogP) is 3.97. The summed E-state index contributed by atoms with van der Waals surface area (Å²) in [5, 5.41) is 3.71. The van der Waals surface area contributed by atoms with Crippen LogP contribution in [0.15, 0.2) is 24.3 Å². The van der Waals surface area contributed by atoms with Crippen LogP contribution in [0.25, 0.3) is 0 Å². The zero-order valence-electron chi connectivity index (χ0n) is 11.2. The van der Waals surface area contributed by atoms with Crippen LogP contribution < -0.4 is 10.1 Å². The van der Waals surface area contributed by atoms with Crippen molar-refractivity contribution in [2.75, 3.05) is 11.9 Å². The molecule has 4 nitrogen and oxygen atoms in total. The van der Waals surface area contributed by atoms with E-state index < -0.39 is 0 Å². The van der Waals surface area contributed by atoms with E-state index in [0.29, 0.717) is 22.6 Å². The van der Waals surface area contributed by atoms with E-state index in [1.165, 1.54) is 0 Å². The van der Waals surface area contributed by atoms with Crippen molar-refractivity contribution in [3.63, 3.8) is 0 Å². The summed E-state index contributed by atoms with van der Waals surface area (Å²) in [5.41, 5.74) is 1.85. The highest BCUT2D eigenvalue weighted by atomic mass is 35.5. The molecule has 2 rings (SSSR count). The van der Waals surface area contributed by atoms with Crippen LogP contribution in [0, 0.1) is 13.8 Å². The summed E-state index contributed by atoms with van der Waals surface area (Å²) in [6, 6.07) is 7.32. The summed E-state index contributed by atoms with van der Waals surface area (Å²) >= 11 is 5.97. The highest BCUT2D eigenvalue weighted by Crippen LogP contribution is 2.27. The summed E-state index contributed by atoms with van der Waals surface area (Å²) in [4.78, 5) is 8.58. The van der Waals surface area contributed by atoms with Crippen molar-refractivity contribution in [2.24, 2.45) is 0 Å². The highest BCUT2D eigenvalue weighted by Gasteiger charge is 2.06. The predicted molar refractivity (Wildman–Crippen MR) is 77.2 cm³/mol. The molecule has 0 spiro atoms. The molecule has 1 heterocycles. The lowest BCUT2D eigenvalue weighted by Crippen LogP contribution is -2.04. The van der Waals surface area contributed by atoms with Gasteiger partial charge >= 0.3 is 0 Å². The molecule has 0 atom stereocenters. The Kier molecular flexibility index (Phi) is 4.22. The maximum Gasteiger partial charge on any atom is 0.226 e. The molecule has 1 aromatic heterocycles. The molecule has 1 aromatic carbocycles. The van der Waals surface area contributed by atoms with Gasteiger partial charge in [-0.15, -0.1) is 0 Å². The number of nitrogens with zero attached hydrogens (tertiary/aromatic N) is 2. The molecule has 5 heteroatoms. The summed E-state index contributed by atoms with van der Waals surface area (Å²) < 4.78 is 5.78. The minimum Gasteiger partial charge on any atom is -0.439 e. The third-order valence-corrected chi connectivity index (χ3v) is 2.77. The van der Waals surface area contributed by atoms with E-state index in [-0.39, 0.29) is 0 Å². The lowest BCUT2D eigenvalue weighted by Gasteiger charge is -2.10. The molecule has 0 aliphatic rings. The van der Waals surface area contributed by atoms with Crippen LogP contribution in [0.2, 0.25) is 5.02 Å². The van der Waals surface area contributed by atoms with Gasteiger partial charge in [0.2, 0.25) is 11.8 Å². The summed E-state index contributed by atoms with van der Waals surface area (Å²) in [5.74, 6) is 1.78. The van der Waals surface area contributed by atoms with Gasteiger partial charge < -0.3 is 10.1 Å². The van der Waals surface area contributed by atoms with Gasteiger partial charge in [-0.25, -0.2) is 4.98 Å². The number of ether oxygens (including phenoxy) is 1. The number of hydrogen-bond acceptors (Lipinski definition) is 4. The maximum absolute atomic E-state index is 5.97. The molecule has 19 heavy (non-hydrogen) atoms. The minimum atomic E-state index is 0.508. The van der Waals surface area contributed by atoms with Gasteiger partial charge in [-0.3, -0.25) is 0 Å². The van der Waals surface area contributed by atoms with Crippen molar-refractivity contribution < 1.29 is 4.74 Å². The molecule has 0 aliphatic heterocycles. The average Bonchev–Trinajstić information content (AvgIpc) is 2.33. The van der Waals surface area contributed by atoms with E-state index in [0.717, 1.165) is 17.8 Å². The lowest BCUT2D eigenvalue weighted by molar-refractivity contribution is 0.458. The van der Waals surface area contributed by atoms with Crippen molar-refractivity contribution in [2.45, 2.75) is 20.8 Å². The first-order valence-corrected chi connectivity index (χ1v) is 6.50. The number of benzene rings is 1. The van der Waals surface area contributed by atoms with Crippen molar-refractivity contribution in [3.8, 4) is 11.6 Å². The number of aromatic nitrogens is 2. The lowest BCUT2D eigenvalue weighted by atomic mass is 10.2. The Bertz CT molecular complexity index is 587. The molecule has 2 aromatic rings. The van der Waals surface area contributed by atoms with Gasteiger partial charge in [0.1, 0.15) is 5.75 Å². The number of halogens is 1. The van der Waals surface area contributed by atoms with Crippen LogP contribution in [0.1, 0.15) is 18.2 Å². The fraction of sp³-hybridized carbons (Fsp3) is 0.286. The second-order valence-corrected chi connectivity index (χ2v) is 4.65. The first-order valence-electron chi connectivity index (χ1n) is 6.12. The smallest absolute Gasteiger partial charge is 0.226 e. The molecule has 0 fully saturated rings. The Morgan fingerprint density at radius 2 is 2.00 bits per heavy atom. The van der Waals surface area contributed by atoms with Gasteiger partial charge in [-0.1, -0.05) is 17.7 Å². The van der Waals surface area contributed by atoms with Gasteiger partial charge in [-0.2, -0.15) is 4.98 Å². The Morgan fingerprint density at radius 3 is 2.74 bits per heavy atom. The number of aryl methyl sites for hydroxylation is 2. The fourth-order valence-corrected chi connectivity index (χ4v) is 1.79. The Morgan fingerprint density at radius 1 is 1.21 bits per heavy atom. The van der Waals surface area contributed by atoms with E-state index in [9.17, 15) is 0 Å². The number of hydrogen-bond donors (Lipinski definition) is 1. The zero-order chi connectivity index (χ0) is 13.8. The number of rotatable bonds is 4. The van der Waals surface area contributed by atoms with E-state index in [2.05, 4.69) is 15.3 Å². The highest BCUT2D eigenvalue weighted by molar-refractivity contribution is 6.30. The van der Waals surface area contributed by atoms with Crippen molar-refractivity contribution in [1.82, 2.24) is 9.97 Å². The van der Waals surface area contributed by atoms with E-state index in [1.807, 2.05) is 32.9 Å². The fourth-order valence-electron chi connectivity index (χ4n) is 1.63. The third-order valence-electron chi connectivity index (χ3n) is 2.53. The zero-order valence-corrected chi connectivity index (χ0v) is 12.0. The monoisotopic (exact) mass is 277 g/mol. The molecule has 0 radical (unpaired) electrons. The SMILES string of the molecule is CCNc1nc(C)cc(Oc2cc(Cl)ccc2C)n1. The van der Waals surface area contributed by atoms with Gasteiger partial charge in [0.15, 0.2) is 0 Å². The van der Waals surface area contributed by atoms with Gasteiger partial charge in [0.05, 0.1) is 0 Å². The topological polar surface area (TPSA) is 47.0 Å². The van der Waals surface area contributed by atoms with E-state index in [4.69, 9.17) is 16.3 Å². The molecule has 0 saturated heterocycles. The molecule has 0 bridgehead atoms.